The minimum absolute atomic E-state index is 0.0618. The zero-order valence-corrected chi connectivity index (χ0v) is 68.0. The predicted octanol–water partition coefficient (Wildman–Crippen LogP) is 24.0. The van der Waals surface area contributed by atoms with Gasteiger partial charge >= 0.3 is 35.8 Å². The Morgan fingerprint density at radius 3 is 0.894 bits per heavy atom. The molecule has 0 unspecified atom stereocenters. The largest absolute Gasteiger partial charge is 0.463 e. The van der Waals surface area contributed by atoms with E-state index < -0.39 is 0 Å². The first-order chi connectivity index (χ1) is 55.2. The highest BCUT2D eigenvalue weighted by molar-refractivity contribution is 5.83. The number of nitrogens with zero attached hydrogens (tertiary/aromatic N) is 1. The van der Waals surface area contributed by atoms with Crippen molar-refractivity contribution in [2.45, 2.75) is 243 Å². The highest BCUT2D eigenvalue weighted by Crippen LogP contribution is 2.53. The van der Waals surface area contributed by atoms with Gasteiger partial charge in [0.15, 0.2) is 0 Å². The van der Waals surface area contributed by atoms with Crippen molar-refractivity contribution in [1.82, 2.24) is 0 Å². The zero-order chi connectivity index (χ0) is 80.5. The molecule has 608 valence electrons. The fourth-order valence-corrected chi connectivity index (χ4v) is 17.2. The molecule has 0 radical (unpaired) electrons. The van der Waals surface area contributed by atoms with Crippen LogP contribution in [0, 0.1) is 52.3 Å². The highest BCUT2D eigenvalue weighted by atomic mass is 16.5. The van der Waals surface area contributed by atoms with Crippen molar-refractivity contribution in [2.75, 3.05) is 39.6 Å². The van der Waals surface area contributed by atoms with Crippen molar-refractivity contribution in [3.8, 4) is 39.4 Å². The van der Waals surface area contributed by atoms with E-state index in [0.717, 1.165) is 138 Å². The highest BCUT2D eigenvalue weighted by Gasteiger charge is 2.45. The van der Waals surface area contributed by atoms with Gasteiger partial charge in [0.05, 0.1) is 51.1 Å². The lowest BCUT2D eigenvalue weighted by Crippen LogP contribution is -2.38. The fraction of sp³-hybridized carbons (Fsp3) is 0.510. The minimum Gasteiger partial charge on any atom is -0.463 e. The van der Waals surface area contributed by atoms with E-state index in [1.807, 2.05) is 0 Å². The maximum Gasteiger partial charge on any atom is 0.330 e. The monoisotopic (exact) mass is 1540 g/mol. The molecule has 4 saturated carbocycles. The number of ether oxygens (including phenoxy) is 6. The van der Waals surface area contributed by atoms with Crippen molar-refractivity contribution in [3.63, 3.8) is 0 Å². The Kier molecular flexibility index (Phi) is 42.7. The van der Waals surface area contributed by atoms with Gasteiger partial charge in [-0.25, -0.2) is 28.8 Å². The number of hydrogen-bond donors (Lipinski definition) is 0. The number of benzene rings is 5. The van der Waals surface area contributed by atoms with Crippen LogP contribution in [0.1, 0.15) is 246 Å². The second-order valence-corrected chi connectivity index (χ2v) is 31.8. The van der Waals surface area contributed by atoms with Gasteiger partial charge in [0.2, 0.25) is 0 Å². The van der Waals surface area contributed by atoms with Crippen LogP contribution in [-0.2, 0) is 76.5 Å². The standard InChI is InChI=1S/C35H55NO4.C34H38O4.C31H38O4/c1-3-33(37)39-25-9-5-7-11-28-13-17-30(18-14-28)31-21-23-35(27-36,24-22-31)32-19-15-29(16-20-32)12-8-6-10-26-40-34(38)4-2;1-3-33(35)37-25-9-5-7-11-27-13-17-29(18-14-27)31-21-23-32(24-22-31)30-19-15-28(16-20-30)12-8-6-10-26-38-34(36)4-2;1-3-30(32)34-22-7-5-6-8-24-9-13-26(14-10-24)28-17-19-29(20-18-28)27-15-11-25(12-16-27)21-23-35-31(33)4-2/h3-4,28-32H,1-2,5-26H2;3-4,13-24H,1-2,5-12,25-26H2;3-4,11-12,15-20,24,26H,1-2,5-10,13-14,21-23H2. The zero-order valence-electron chi connectivity index (χ0n) is 68.0. The Morgan fingerprint density at radius 2 is 0.575 bits per heavy atom. The van der Waals surface area contributed by atoms with Crippen molar-refractivity contribution in [1.29, 1.82) is 5.26 Å². The summed E-state index contributed by atoms with van der Waals surface area (Å²) in [4.78, 5) is 66.5. The van der Waals surface area contributed by atoms with Crippen LogP contribution in [0.15, 0.2) is 197 Å². The Morgan fingerprint density at radius 1 is 0.310 bits per heavy atom. The predicted molar refractivity (Wildman–Crippen MR) is 456 cm³/mol. The number of hydrogen-bond acceptors (Lipinski definition) is 13. The van der Waals surface area contributed by atoms with Gasteiger partial charge in [-0.15, -0.1) is 0 Å². The average molecular weight is 1540 g/mol. The van der Waals surface area contributed by atoms with E-state index in [1.165, 1.54) is 215 Å². The van der Waals surface area contributed by atoms with Gasteiger partial charge in [0, 0.05) is 42.9 Å². The summed E-state index contributed by atoms with van der Waals surface area (Å²) < 4.78 is 30.3. The summed E-state index contributed by atoms with van der Waals surface area (Å²) in [5, 5.41) is 10.3. The molecule has 0 heterocycles. The number of esters is 6. The van der Waals surface area contributed by atoms with Crippen LogP contribution < -0.4 is 0 Å². The summed E-state index contributed by atoms with van der Waals surface area (Å²) in [6, 6.07) is 46.7. The molecule has 0 spiro atoms. The molecule has 0 aromatic heterocycles. The molecule has 0 N–H and O–H groups in total. The van der Waals surface area contributed by atoms with Gasteiger partial charge < -0.3 is 28.4 Å². The quantitative estimate of drug-likeness (QED) is 0.0156. The van der Waals surface area contributed by atoms with Crippen LogP contribution in [0.3, 0.4) is 0 Å². The molecular weight excluding hydrogens is 1410 g/mol. The van der Waals surface area contributed by atoms with E-state index in [2.05, 4.69) is 167 Å². The molecule has 4 fully saturated rings. The molecule has 5 aromatic rings. The second kappa shape index (κ2) is 53.0. The minimum atomic E-state index is -0.379. The Balaban J connectivity index is 0.000000235. The van der Waals surface area contributed by atoms with E-state index in [4.69, 9.17) is 28.4 Å². The van der Waals surface area contributed by atoms with E-state index in [0.29, 0.717) is 57.9 Å². The van der Waals surface area contributed by atoms with Crippen LogP contribution in [0.2, 0.25) is 0 Å². The molecular formula is C100H131NO12. The molecule has 13 nitrogen and oxygen atoms in total. The van der Waals surface area contributed by atoms with Crippen molar-refractivity contribution in [3.05, 3.63) is 220 Å². The molecule has 4 aliphatic rings. The summed E-state index contributed by atoms with van der Waals surface area (Å²) in [6.45, 7) is 23.3. The van der Waals surface area contributed by atoms with E-state index in [1.54, 1.807) is 0 Å². The molecule has 4 aliphatic carbocycles. The SMILES string of the molecule is C=CC(=O)OCCCCCC1CCC(C2CCC(C#N)(C3CCC(CCCCCOC(=O)C=C)CC3)CC2)CC1.C=CC(=O)OCCCCCC1CCC(c2ccc(-c3ccc(CCOC(=O)C=C)cc3)cc2)CC1.C=CC(=O)OCCCCCc1ccc(-c2ccc(-c3ccc(CCCCCOC(=O)C=C)cc3)cc2)cc1. The molecule has 0 bridgehead atoms. The van der Waals surface area contributed by atoms with Crippen LogP contribution in [0.5, 0.6) is 0 Å². The first kappa shape index (κ1) is 91.0. The summed E-state index contributed by atoms with van der Waals surface area (Å²) in [5.74, 6) is 3.46. The third kappa shape index (κ3) is 34.2. The summed E-state index contributed by atoms with van der Waals surface area (Å²) in [7, 11) is 0. The molecule has 0 amide bonds. The Bertz CT molecular complexity index is 3610. The maximum atomic E-state index is 11.1. The van der Waals surface area contributed by atoms with Gasteiger partial charge in [-0.05, 0) is 245 Å². The van der Waals surface area contributed by atoms with Crippen LogP contribution in [0.25, 0.3) is 33.4 Å². The smallest absolute Gasteiger partial charge is 0.330 e. The van der Waals surface area contributed by atoms with Gasteiger partial charge in [-0.1, -0.05) is 244 Å². The van der Waals surface area contributed by atoms with Crippen LogP contribution in [0.4, 0.5) is 0 Å². The molecule has 13 heteroatoms. The van der Waals surface area contributed by atoms with Crippen molar-refractivity contribution < 1.29 is 57.2 Å². The number of rotatable bonds is 45. The molecule has 9 rings (SSSR count). The van der Waals surface area contributed by atoms with E-state index in [9.17, 15) is 34.0 Å². The number of unbranched alkanes of at least 4 members (excludes halogenated alkanes) is 10. The number of nitriles is 1. The van der Waals surface area contributed by atoms with Gasteiger partial charge in [-0.2, -0.15) is 5.26 Å². The van der Waals surface area contributed by atoms with E-state index >= 15 is 0 Å². The molecule has 5 aromatic carbocycles. The lowest BCUT2D eigenvalue weighted by molar-refractivity contribution is -0.138. The number of carbonyl (C=O) groups is 6. The molecule has 113 heavy (non-hydrogen) atoms. The summed E-state index contributed by atoms with van der Waals surface area (Å²) in [6.07, 6.45) is 50.2. The third-order valence-corrected chi connectivity index (χ3v) is 24.2. The Labute approximate surface area is 677 Å². The van der Waals surface area contributed by atoms with Gasteiger partial charge in [0.1, 0.15) is 0 Å². The number of carbonyl (C=O) groups excluding carboxylic acids is 6. The van der Waals surface area contributed by atoms with Crippen LogP contribution >= 0.6 is 0 Å². The number of aryl methyl sites for hydroxylation is 2. The van der Waals surface area contributed by atoms with Gasteiger partial charge in [-0.3, -0.25) is 0 Å². The Hall–Kier alpha value is -9.15. The van der Waals surface area contributed by atoms with Crippen molar-refractivity contribution in [2.24, 2.45) is 40.9 Å². The fourth-order valence-electron chi connectivity index (χ4n) is 17.2. The molecule has 0 saturated heterocycles. The van der Waals surface area contributed by atoms with Gasteiger partial charge in [0.25, 0.3) is 0 Å². The summed E-state index contributed by atoms with van der Waals surface area (Å²) in [5.41, 5.74) is 12.5. The summed E-state index contributed by atoms with van der Waals surface area (Å²) >= 11 is 0. The lowest BCUT2D eigenvalue weighted by Gasteiger charge is -2.46. The van der Waals surface area contributed by atoms with Crippen molar-refractivity contribution >= 4 is 35.8 Å². The maximum absolute atomic E-state index is 11.1. The molecule has 0 atom stereocenters. The average Bonchev–Trinajstić information content (AvgIpc) is 0.792. The lowest BCUT2D eigenvalue weighted by atomic mass is 9.57. The third-order valence-electron chi connectivity index (χ3n) is 24.2. The first-order valence-corrected chi connectivity index (χ1v) is 42.8. The topological polar surface area (TPSA) is 182 Å². The second-order valence-electron chi connectivity index (χ2n) is 31.8. The molecule has 0 aliphatic heterocycles. The van der Waals surface area contributed by atoms with Crippen LogP contribution in [-0.4, -0.2) is 75.5 Å². The normalized spacial score (nSPS) is 19.7. The first-order valence-electron chi connectivity index (χ1n) is 42.8. The van der Waals surface area contributed by atoms with E-state index in [-0.39, 0.29) is 41.2 Å².